The van der Waals surface area contributed by atoms with Gasteiger partial charge in [-0.1, -0.05) is 167 Å². The first-order valence-electron chi connectivity index (χ1n) is 49.8. The summed E-state index contributed by atoms with van der Waals surface area (Å²) < 4.78 is 28.6. The number of nitrogens with one attached hydrogen (secondary N) is 4. The Balaban J connectivity index is 0.000000145. The summed E-state index contributed by atoms with van der Waals surface area (Å²) in [6, 6.07) is 83.9. The van der Waals surface area contributed by atoms with E-state index in [2.05, 4.69) is 62.6 Å². The van der Waals surface area contributed by atoms with E-state index in [0.29, 0.717) is 68.9 Å². The van der Waals surface area contributed by atoms with E-state index in [9.17, 15) is 38.7 Å². The van der Waals surface area contributed by atoms with Crippen LogP contribution < -0.4 is 65.4 Å². The number of carbonyl (C=O) groups is 7. The van der Waals surface area contributed by atoms with Gasteiger partial charge in [-0.25, -0.2) is 24.7 Å². The average molecular weight is 2100 g/mol. The van der Waals surface area contributed by atoms with Crippen molar-refractivity contribution in [2.24, 2.45) is 5.73 Å². The molecule has 768 valence electrons. The van der Waals surface area contributed by atoms with Crippen LogP contribution in [0.1, 0.15) is 183 Å². The van der Waals surface area contributed by atoms with E-state index in [0.717, 1.165) is 244 Å². The van der Waals surface area contributed by atoms with Crippen molar-refractivity contribution in [1.29, 1.82) is 0 Å². The van der Waals surface area contributed by atoms with Crippen LogP contribution in [0.15, 0.2) is 267 Å². The van der Waals surface area contributed by atoms with E-state index in [-0.39, 0.29) is 65.2 Å². The SMILES string of the molecule is CC(=O)N1CCCCc2nc(-c3ccc(O)cc3)sc21.CC(=O)N1CCCCc2nc(-c3ccc(OCCCCl)cc3)sc21.CC(=O)N1CCCCc2nc(-c3ccc(OCc4ccccc4)cc3)sc21.Cl.NC1CCCCNC1=O.O=C(NC1CCCCNC1=O)c1ccc(OCc2ccccc2)cc1.O=C(O)c1ccc(OCc2ccccc2)cc1.c1ccc(COc2ccc(-c3nc4c(s3)NCCCC4)cc2)cc1. The second-order valence-electron chi connectivity index (χ2n) is 35.5. The van der Waals surface area contributed by atoms with Crippen molar-refractivity contribution >= 4 is 131 Å². The largest absolute Gasteiger partial charge is 0.508 e. The quantitative estimate of drug-likeness (QED) is 0.0231. The number of fused-ring (bicyclic) bond motifs is 4. The van der Waals surface area contributed by atoms with Crippen molar-refractivity contribution in [3.8, 4) is 76.8 Å². The molecule has 2 atom stereocenters. The molecule has 10 aromatic carbocycles. The number of phenolic OH excluding ortho intramolecular Hbond substituents is 1. The van der Waals surface area contributed by atoms with Gasteiger partial charge in [-0.2, -0.15) is 0 Å². The zero-order valence-corrected chi connectivity index (χ0v) is 87.7. The Morgan fingerprint density at radius 3 is 1.09 bits per heavy atom. The minimum absolute atomic E-state index is 0. The van der Waals surface area contributed by atoms with Crippen molar-refractivity contribution < 1.29 is 67.5 Å². The number of hydrogen-bond acceptors (Lipinski definition) is 23. The predicted molar refractivity (Wildman–Crippen MR) is 590 cm³/mol. The summed E-state index contributed by atoms with van der Waals surface area (Å²) in [6.45, 7) is 12.5. The Labute approximate surface area is 886 Å². The van der Waals surface area contributed by atoms with Gasteiger partial charge in [0, 0.05) is 93.7 Å². The number of aromatic nitrogens is 4. The normalized spacial score (nSPS) is 14.9. The van der Waals surface area contributed by atoms with Gasteiger partial charge < -0.3 is 75.6 Å². The molecule has 4 aromatic heterocycles. The molecule has 14 aromatic rings. The number of aromatic carboxylic acids is 1. The Kier molecular flexibility index (Phi) is 43.5. The number of alkyl halides is 1. The Bertz CT molecular complexity index is 6470. The van der Waals surface area contributed by atoms with Crippen LogP contribution in [0.2, 0.25) is 0 Å². The molecular weight excluding hydrogens is 1970 g/mol. The molecule has 2 saturated heterocycles. The zero-order chi connectivity index (χ0) is 102. The van der Waals surface area contributed by atoms with E-state index in [1.165, 1.54) is 41.2 Å². The number of anilines is 4. The maximum absolute atomic E-state index is 12.3. The molecule has 2 unspecified atom stereocenters. The maximum Gasteiger partial charge on any atom is 0.335 e. The molecule has 26 nitrogen and oxygen atoms in total. The summed E-state index contributed by atoms with van der Waals surface area (Å²) in [7, 11) is 0. The molecule has 0 radical (unpaired) electrons. The molecule has 0 bridgehead atoms. The molecule has 8 N–H and O–H groups in total. The zero-order valence-electron chi connectivity index (χ0n) is 82.9. The lowest BCUT2D eigenvalue weighted by atomic mass is 10.1. The third-order valence-corrected chi connectivity index (χ3v) is 29.3. The fourth-order valence-corrected chi connectivity index (χ4v) is 21.1. The van der Waals surface area contributed by atoms with E-state index in [1.807, 2.05) is 185 Å². The second kappa shape index (κ2) is 57.9. The predicted octanol–water partition coefficient (Wildman–Crippen LogP) is 23.6. The molecule has 2 fully saturated rings. The topological polar surface area (TPSA) is 342 Å². The van der Waals surface area contributed by atoms with Crippen LogP contribution in [0.3, 0.4) is 0 Å². The Morgan fingerprint density at radius 2 is 0.707 bits per heavy atom. The molecule has 147 heavy (non-hydrogen) atoms. The summed E-state index contributed by atoms with van der Waals surface area (Å²) in [6.07, 6.45) is 19.0. The maximum atomic E-state index is 12.3. The number of nitrogens with zero attached hydrogens (tertiary/aromatic N) is 7. The fraction of sp³-hybridized carbons (Fsp3) is 0.313. The number of hydrogen-bond donors (Lipinski definition) is 7. The monoisotopic (exact) mass is 2100 g/mol. The minimum Gasteiger partial charge on any atom is -0.508 e. The number of aryl methyl sites for hydroxylation is 4. The highest BCUT2D eigenvalue weighted by Gasteiger charge is 2.29. The second-order valence-corrected chi connectivity index (χ2v) is 39.9. The summed E-state index contributed by atoms with van der Waals surface area (Å²) >= 11 is 12.2. The summed E-state index contributed by atoms with van der Waals surface area (Å²) in [5.41, 5.74) is 19.3. The number of carbonyl (C=O) groups excluding carboxylic acids is 6. The number of carboxylic acids is 1. The fourth-order valence-electron chi connectivity index (χ4n) is 16.4. The van der Waals surface area contributed by atoms with Gasteiger partial charge >= 0.3 is 5.97 Å². The third kappa shape index (κ3) is 34.1. The Hall–Kier alpha value is -13.9. The number of phenols is 1. The molecule has 6 amide bonds. The standard InChI is InChI=1S/C22H22N2O2S.C20H22N2O3.C20H20N2OS.C18H21ClN2O2S.C15H16N2O2S.C14H12O3.C6H12N2O.ClH/c1-16(25)24-14-6-5-9-20-22(24)27-21(23-20)18-10-12-19(13-11-18)26-15-17-7-3-2-4-8-17;23-19(22-18-8-4-5-13-21-20(18)24)16-9-11-17(12-10-16)25-14-15-6-2-1-3-7-15;1-2-6-15(7-3-1)14-23-17-11-9-16(10-12-17)19-22-18-8-4-5-13-21-20(18)24-19;1-13(22)21-11-3-2-5-16-18(21)24-17(20-16)14-6-8-15(9-7-14)23-12-4-10-19;1-10(18)17-9-3-2-4-13-15(17)20-14(16-13)11-5-7-12(19)8-6-11;15-14(16)12-6-8-13(9-7-12)17-10-11-4-2-1-3-5-11;7-5-3-1-2-4-8-6(5)9;/h2-4,7-8,10-13H,5-6,9,14-15H2,1H3;1-3,6-7,9-12,18H,4-5,8,13-14H2,(H,21,24)(H,22,23);1-3,6-7,9-12,21H,4-5,8,13-14H2;6-9H,2-5,10-12H2,1H3;5-8,19H,2-4,9H2,1H3;1-9H,10H2,(H,15,16);5H,1-4,7H2,(H,8,9);1H. The number of thiazole rings is 4. The molecule has 0 saturated carbocycles. The van der Waals surface area contributed by atoms with Gasteiger partial charge in [0.05, 0.1) is 41.0 Å². The lowest BCUT2D eigenvalue weighted by molar-refractivity contribution is -0.123. The highest BCUT2D eigenvalue weighted by Crippen LogP contribution is 2.43. The number of halogens is 2. The smallest absolute Gasteiger partial charge is 0.335 e. The first-order valence-corrected chi connectivity index (χ1v) is 53.6. The van der Waals surface area contributed by atoms with Crippen LogP contribution in [0.4, 0.5) is 20.0 Å². The number of ether oxygens (including phenoxy) is 5. The van der Waals surface area contributed by atoms with Crippen LogP contribution in [0.5, 0.6) is 34.5 Å². The molecule has 0 aliphatic carbocycles. The van der Waals surface area contributed by atoms with Crippen molar-refractivity contribution in [1.82, 2.24) is 35.9 Å². The van der Waals surface area contributed by atoms with Gasteiger partial charge in [0.1, 0.15) is 107 Å². The highest BCUT2D eigenvalue weighted by atomic mass is 35.5. The van der Waals surface area contributed by atoms with Crippen molar-refractivity contribution in [2.45, 2.75) is 181 Å². The Morgan fingerprint density at radius 1 is 0.388 bits per heavy atom. The van der Waals surface area contributed by atoms with Crippen LogP contribution in [-0.4, -0.2) is 135 Å². The summed E-state index contributed by atoms with van der Waals surface area (Å²) in [5.74, 6) is 3.79. The van der Waals surface area contributed by atoms with Gasteiger partial charge in [-0.15, -0.1) is 24.0 Å². The van der Waals surface area contributed by atoms with Crippen LogP contribution >= 0.6 is 69.4 Å². The molecule has 10 heterocycles. The van der Waals surface area contributed by atoms with E-state index >= 15 is 0 Å². The average Bonchev–Trinajstić information content (AvgIpc) is 1.68. The first-order chi connectivity index (χ1) is 71.2. The van der Waals surface area contributed by atoms with Crippen LogP contribution in [0, 0.1) is 0 Å². The highest BCUT2D eigenvalue weighted by molar-refractivity contribution is 7.20. The van der Waals surface area contributed by atoms with Gasteiger partial charge in [0.15, 0.2) is 0 Å². The number of rotatable bonds is 23. The molecule has 20 rings (SSSR count). The molecule has 6 aliphatic heterocycles. The summed E-state index contributed by atoms with van der Waals surface area (Å²) in [5, 5.41) is 38.1. The first kappa shape index (κ1) is 110. The van der Waals surface area contributed by atoms with E-state index in [1.54, 1.807) is 115 Å². The van der Waals surface area contributed by atoms with Gasteiger partial charge in [-0.3, -0.25) is 28.8 Å². The third-order valence-electron chi connectivity index (χ3n) is 24.5. The van der Waals surface area contributed by atoms with Crippen LogP contribution in [-0.2, 0) is 76.1 Å². The van der Waals surface area contributed by atoms with E-state index in [4.69, 9.17) is 61.1 Å². The van der Waals surface area contributed by atoms with Crippen molar-refractivity contribution in [3.63, 3.8) is 0 Å². The summed E-state index contributed by atoms with van der Waals surface area (Å²) in [4.78, 5) is 106. The van der Waals surface area contributed by atoms with Crippen molar-refractivity contribution in [3.05, 3.63) is 323 Å². The van der Waals surface area contributed by atoms with E-state index < -0.39 is 12.0 Å². The van der Waals surface area contributed by atoms with Gasteiger partial charge in [-0.05, 0) is 290 Å². The molecular formula is C115H126Cl2N12O14S4. The lowest BCUT2D eigenvalue weighted by Crippen LogP contribution is -2.45. The minimum atomic E-state index is -0.931. The number of aromatic hydroxyl groups is 1. The van der Waals surface area contributed by atoms with Gasteiger partial charge in [0.25, 0.3) is 5.91 Å². The number of nitrogens with two attached hydrogens (primary N) is 1. The molecule has 32 heteroatoms. The van der Waals surface area contributed by atoms with Crippen molar-refractivity contribution in [2.75, 3.05) is 71.8 Å². The molecule has 6 aliphatic rings. The number of carboxylic acid groups (broad SMARTS) is 1. The number of benzene rings is 10. The lowest BCUT2D eigenvalue weighted by Gasteiger charge is -2.17. The number of amides is 6. The molecule has 0 spiro atoms. The van der Waals surface area contributed by atoms with Crippen LogP contribution in [0.25, 0.3) is 42.3 Å². The van der Waals surface area contributed by atoms with Gasteiger partial charge in [0.2, 0.25) is 29.5 Å².